The van der Waals surface area contributed by atoms with Crippen molar-refractivity contribution in [3.8, 4) is 6.07 Å². The van der Waals surface area contributed by atoms with Gasteiger partial charge in [-0.05, 0) is 29.9 Å². The zero-order valence-corrected chi connectivity index (χ0v) is 13.2. The standard InChI is InChI=1S/C16H22N4O/c1-5-6-7-11-8-14-18-13(9-16(2,3)4)19-20(14)15(21)12(11)10-17/h8H,5-7,9H2,1-4H3,(H,18,19). The van der Waals surface area contributed by atoms with Crippen molar-refractivity contribution >= 4 is 5.65 Å². The van der Waals surface area contributed by atoms with Gasteiger partial charge in [0.1, 0.15) is 17.5 Å². The molecule has 0 aliphatic rings. The molecule has 0 bridgehead atoms. The Balaban J connectivity index is 2.54. The Bertz CT molecular complexity index is 740. The van der Waals surface area contributed by atoms with Crippen LogP contribution < -0.4 is 5.56 Å². The summed E-state index contributed by atoms with van der Waals surface area (Å²) in [4.78, 5) is 16.9. The number of pyridine rings is 1. The first-order chi connectivity index (χ1) is 9.85. The molecule has 112 valence electrons. The van der Waals surface area contributed by atoms with Gasteiger partial charge in [0.2, 0.25) is 0 Å². The number of rotatable bonds is 4. The fourth-order valence-corrected chi connectivity index (χ4v) is 2.39. The fourth-order valence-electron chi connectivity index (χ4n) is 2.39. The predicted molar refractivity (Wildman–Crippen MR) is 82.3 cm³/mol. The first-order valence-corrected chi connectivity index (χ1v) is 7.39. The Morgan fingerprint density at radius 3 is 2.71 bits per heavy atom. The molecule has 0 aliphatic heterocycles. The molecule has 0 aliphatic carbocycles. The van der Waals surface area contributed by atoms with Crippen molar-refractivity contribution in [2.24, 2.45) is 5.41 Å². The average Bonchev–Trinajstić information content (AvgIpc) is 2.77. The molecule has 0 aromatic carbocycles. The van der Waals surface area contributed by atoms with E-state index in [2.05, 4.69) is 37.8 Å². The van der Waals surface area contributed by atoms with E-state index in [1.807, 2.05) is 12.1 Å². The highest BCUT2D eigenvalue weighted by Gasteiger charge is 2.17. The zero-order chi connectivity index (χ0) is 15.6. The van der Waals surface area contributed by atoms with Gasteiger partial charge < -0.3 is 0 Å². The molecule has 5 nitrogen and oxygen atoms in total. The van der Waals surface area contributed by atoms with E-state index in [-0.39, 0.29) is 16.5 Å². The minimum Gasteiger partial charge on any atom is -0.276 e. The number of aromatic nitrogens is 3. The molecular weight excluding hydrogens is 264 g/mol. The number of aryl methyl sites for hydroxylation is 1. The summed E-state index contributed by atoms with van der Waals surface area (Å²) in [5.41, 5.74) is 1.42. The first kappa shape index (κ1) is 15.3. The maximum atomic E-state index is 12.4. The van der Waals surface area contributed by atoms with Gasteiger partial charge in [0.05, 0.1) is 0 Å². The summed E-state index contributed by atoms with van der Waals surface area (Å²) in [7, 11) is 0. The van der Waals surface area contributed by atoms with E-state index in [4.69, 9.17) is 0 Å². The molecule has 2 rings (SSSR count). The lowest BCUT2D eigenvalue weighted by Gasteiger charge is -2.15. The van der Waals surface area contributed by atoms with E-state index in [0.29, 0.717) is 5.65 Å². The van der Waals surface area contributed by atoms with E-state index < -0.39 is 0 Å². The average molecular weight is 286 g/mol. The molecule has 0 amide bonds. The van der Waals surface area contributed by atoms with E-state index in [1.165, 1.54) is 4.52 Å². The normalized spacial score (nSPS) is 11.8. The number of unbranched alkanes of at least 4 members (excludes halogenated alkanes) is 1. The highest BCUT2D eigenvalue weighted by Crippen LogP contribution is 2.19. The number of nitriles is 1. The second-order valence-electron chi connectivity index (χ2n) is 6.67. The van der Waals surface area contributed by atoms with Crippen molar-refractivity contribution in [1.29, 1.82) is 5.26 Å². The molecule has 2 heterocycles. The second-order valence-corrected chi connectivity index (χ2v) is 6.67. The lowest BCUT2D eigenvalue weighted by Crippen LogP contribution is -2.20. The quantitative estimate of drug-likeness (QED) is 0.939. The van der Waals surface area contributed by atoms with E-state index in [0.717, 1.165) is 37.1 Å². The van der Waals surface area contributed by atoms with Crippen LogP contribution in [-0.2, 0) is 12.8 Å². The molecule has 0 saturated heterocycles. The molecule has 2 aromatic heterocycles. The number of hydrogen-bond acceptors (Lipinski definition) is 3. The van der Waals surface area contributed by atoms with Crippen LogP contribution in [0.1, 0.15) is 57.5 Å². The van der Waals surface area contributed by atoms with Crippen molar-refractivity contribution in [3.63, 3.8) is 0 Å². The summed E-state index contributed by atoms with van der Waals surface area (Å²) in [6.07, 6.45) is 3.48. The van der Waals surface area contributed by atoms with Crippen molar-refractivity contribution in [2.75, 3.05) is 0 Å². The molecule has 1 N–H and O–H groups in total. The van der Waals surface area contributed by atoms with Crippen molar-refractivity contribution in [2.45, 2.75) is 53.4 Å². The topological polar surface area (TPSA) is 74.0 Å². The SMILES string of the molecule is CCCCc1cc2nc(CC(C)(C)C)[nH]n2c(=O)c1C#N. The summed E-state index contributed by atoms with van der Waals surface area (Å²) in [6.45, 7) is 8.45. The van der Waals surface area contributed by atoms with Crippen molar-refractivity contribution in [1.82, 2.24) is 14.6 Å². The van der Waals surface area contributed by atoms with Crippen LogP contribution in [0.15, 0.2) is 10.9 Å². The second kappa shape index (κ2) is 5.72. The molecule has 0 atom stereocenters. The first-order valence-electron chi connectivity index (χ1n) is 7.39. The lowest BCUT2D eigenvalue weighted by molar-refractivity contribution is 0.400. The number of H-pyrrole nitrogens is 1. The van der Waals surface area contributed by atoms with Gasteiger partial charge in [0.15, 0.2) is 5.65 Å². The molecule has 5 heteroatoms. The smallest absolute Gasteiger partial charge is 0.276 e. The minimum absolute atomic E-state index is 0.0839. The minimum atomic E-state index is -0.297. The van der Waals surface area contributed by atoms with E-state index in [9.17, 15) is 10.1 Å². The van der Waals surface area contributed by atoms with Gasteiger partial charge in [-0.1, -0.05) is 34.1 Å². The van der Waals surface area contributed by atoms with Gasteiger partial charge in [0, 0.05) is 6.42 Å². The van der Waals surface area contributed by atoms with Crippen LogP contribution in [0.3, 0.4) is 0 Å². The van der Waals surface area contributed by atoms with Crippen LogP contribution in [0, 0.1) is 16.7 Å². The fraction of sp³-hybridized carbons (Fsp3) is 0.562. The Morgan fingerprint density at radius 1 is 1.43 bits per heavy atom. The number of nitrogens with one attached hydrogen (secondary N) is 1. The third-order valence-electron chi connectivity index (χ3n) is 3.37. The molecule has 0 spiro atoms. The number of aromatic amines is 1. The summed E-state index contributed by atoms with van der Waals surface area (Å²) in [5, 5.41) is 12.3. The van der Waals surface area contributed by atoms with Gasteiger partial charge in [-0.2, -0.15) is 9.78 Å². The monoisotopic (exact) mass is 286 g/mol. The molecule has 0 saturated carbocycles. The van der Waals surface area contributed by atoms with Gasteiger partial charge in [-0.15, -0.1) is 0 Å². The number of fused-ring (bicyclic) bond motifs is 1. The number of hydrogen-bond donors (Lipinski definition) is 1. The summed E-state index contributed by atoms with van der Waals surface area (Å²) < 4.78 is 1.38. The molecule has 21 heavy (non-hydrogen) atoms. The summed E-state index contributed by atoms with van der Waals surface area (Å²) >= 11 is 0. The van der Waals surface area contributed by atoms with Gasteiger partial charge in [0.25, 0.3) is 5.56 Å². The van der Waals surface area contributed by atoms with E-state index >= 15 is 0 Å². The van der Waals surface area contributed by atoms with Crippen molar-refractivity contribution in [3.05, 3.63) is 33.4 Å². The van der Waals surface area contributed by atoms with Crippen LogP contribution >= 0.6 is 0 Å². The summed E-state index contributed by atoms with van der Waals surface area (Å²) in [5.74, 6) is 0.774. The molecule has 0 fully saturated rings. The Kier molecular flexibility index (Phi) is 4.17. The Hall–Kier alpha value is -2.09. The Labute approximate surface area is 124 Å². The zero-order valence-electron chi connectivity index (χ0n) is 13.2. The van der Waals surface area contributed by atoms with Crippen molar-refractivity contribution < 1.29 is 0 Å². The molecular formula is C16H22N4O. The lowest BCUT2D eigenvalue weighted by atomic mass is 9.92. The van der Waals surface area contributed by atoms with Crippen LogP contribution in [-0.4, -0.2) is 14.6 Å². The van der Waals surface area contributed by atoms with Gasteiger partial charge >= 0.3 is 0 Å². The van der Waals surface area contributed by atoms with Crippen LogP contribution in [0.4, 0.5) is 0 Å². The third-order valence-corrected chi connectivity index (χ3v) is 3.37. The molecule has 0 radical (unpaired) electrons. The van der Waals surface area contributed by atoms with E-state index in [1.54, 1.807) is 0 Å². The summed E-state index contributed by atoms with van der Waals surface area (Å²) in [6, 6.07) is 3.90. The maximum absolute atomic E-state index is 12.4. The maximum Gasteiger partial charge on any atom is 0.289 e. The molecule has 0 unspecified atom stereocenters. The predicted octanol–water partition coefficient (Wildman–Crippen LogP) is 2.83. The third kappa shape index (κ3) is 3.33. The number of nitrogens with zero attached hydrogens (tertiary/aromatic N) is 3. The van der Waals surface area contributed by atoms with Gasteiger partial charge in [-0.25, -0.2) is 4.98 Å². The highest BCUT2D eigenvalue weighted by molar-refractivity contribution is 5.48. The van der Waals surface area contributed by atoms with Gasteiger partial charge in [-0.3, -0.25) is 9.89 Å². The van der Waals surface area contributed by atoms with Crippen LogP contribution in [0.25, 0.3) is 5.65 Å². The largest absolute Gasteiger partial charge is 0.289 e. The van der Waals surface area contributed by atoms with Crippen LogP contribution in [0.2, 0.25) is 0 Å². The Morgan fingerprint density at radius 2 is 2.14 bits per heavy atom. The molecule has 2 aromatic rings. The van der Waals surface area contributed by atoms with Crippen LogP contribution in [0.5, 0.6) is 0 Å². The highest BCUT2D eigenvalue weighted by atomic mass is 16.1.